The minimum absolute atomic E-state index is 0.0967. The predicted molar refractivity (Wildman–Crippen MR) is 111 cm³/mol. The Labute approximate surface area is 165 Å². The largest absolute Gasteiger partial charge is 0.491 e. The molecule has 0 saturated carbocycles. The Morgan fingerprint density at radius 2 is 2.26 bits per heavy atom. The standard InChI is InChI=1S/C21H28N4OS/c1-21(9-5-6-16-13-27-19-8-4-3-7-17(16)19)14-25(11-10-24-21)20-18(26-2)12-22-15-23-20/h3-4,7-8,12,15-16,24H,5-6,9-11,13-14H2,1-2H3. The Morgan fingerprint density at radius 3 is 3.15 bits per heavy atom. The van der Waals surface area contributed by atoms with Crippen molar-refractivity contribution in [3.05, 3.63) is 42.4 Å². The van der Waals surface area contributed by atoms with E-state index in [-0.39, 0.29) is 5.54 Å². The van der Waals surface area contributed by atoms with E-state index in [0.717, 1.165) is 31.2 Å². The van der Waals surface area contributed by atoms with Gasteiger partial charge in [-0.05, 0) is 37.3 Å². The molecule has 0 aliphatic carbocycles. The van der Waals surface area contributed by atoms with Crippen LogP contribution in [0.1, 0.15) is 37.7 Å². The van der Waals surface area contributed by atoms with E-state index in [2.05, 4.69) is 51.4 Å². The van der Waals surface area contributed by atoms with Gasteiger partial charge in [-0.15, -0.1) is 11.8 Å². The number of aromatic nitrogens is 2. The number of hydrogen-bond donors (Lipinski definition) is 1. The van der Waals surface area contributed by atoms with Crippen LogP contribution in [0, 0.1) is 0 Å². The van der Waals surface area contributed by atoms with Crippen molar-refractivity contribution in [2.24, 2.45) is 0 Å². The maximum Gasteiger partial charge on any atom is 0.179 e. The van der Waals surface area contributed by atoms with Gasteiger partial charge in [0, 0.05) is 35.8 Å². The lowest BCUT2D eigenvalue weighted by atomic mass is 9.88. The highest BCUT2D eigenvalue weighted by Crippen LogP contribution is 2.42. The SMILES string of the molecule is COc1cncnc1N1CCNC(C)(CCCC2CSc3ccccc32)C1. The van der Waals surface area contributed by atoms with Gasteiger partial charge in [-0.1, -0.05) is 24.6 Å². The second kappa shape index (κ2) is 8.07. The highest BCUT2D eigenvalue weighted by atomic mass is 32.2. The highest BCUT2D eigenvalue weighted by molar-refractivity contribution is 7.99. The molecule has 1 aromatic carbocycles. The number of ether oxygens (including phenoxy) is 1. The second-order valence-corrected chi connectivity index (χ2v) is 8.82. The van der Waals surface area contributed by atoms with Gasteiger partial charge in [0.05, 0.1) is 13.3 Å². The number of anilines is 1. The van der Waals surface area contributed by atoms with Crippen LogP contribution in [0.4, 0.5) is 5.82 Å². The topological polar surface area (TPSA) is 50.3 Å². The van der Waals surface area contributed by atoms with Gasteiger partial charge in [-0.2, -0.15) is 0 Å². The Balaban J connectivity index is 1.36. The number of thioether (sulfide) groups is 1. The number of nitrogens with one attached hydrogen (secondary N) is 1. The number of rotatable bonds is 6. The molecule has 2 aliphatic heterocycles. The van der Waals surface area contributed by atoms with Gasteiger partial charge in [0.15, 0.2) is 11.6 Å². The molecule has 1 fully saturated rings. The summed E-state index contributed by atoms with van der Waals surface area (Å²) in [4.78, 5) is 12.4. The lowest BCUT2D eigenvalue weighted by Gasteiger charge is -2.42. The Bertz CT molecular complexity index is 786. The number of methoxy groups -OCH3 is 1. The highest BCUT2D eigenvalue weighted by Gasteiger charge is 2.32. The van der Waals surface area contributed by atoms with Crippen LogP contribution in [0.25, 0.3) is 0 Å². The third-order valence-electron chi connectivity index (χ3n) is 5.73. The maximum absolute atomic E-state index is 5.46. The number of fused-ring (bicyclic) bond motifs is 1. The van der Waals surface area contributed by atoms with Crippen molar-refractivity contribution in [2.75, 3.05) is 37.4 Å². The molecule has 27 heavy (non-hydrogen) atoms. The van der Waals surface area contributed by atoms with E-state index in [1.54, 1.807) is 25.2 Å². The molecule has 2 aliphatic rings. The van der Waals surface area contributed by atoms with Gasteiger partial charge in [-0.3, -0.25) is 0 Å². The second-order valence-electron chi connectivity index (χ2n) is 7.76. The maximum atomic E-state index is 5.46. The summed E-state index contributed by atoms with van der Waals surface area (Å²) in [5.74, 6) is 3.59. The van der Waals surface area contributed by atoms with E-state index in [9.17, 15) is 0 Å². The van der Waals surface area contributed by atoms with Gasteiger partial charge in [0.1, 0.15) is 6.33 Å². The van der Waals surface area contributed by atoms with Crippen LogP contribution < -0.4 is 15.0 Å². The van der Waals surface area contributed by atoms with Gasteiger partial charge >= 0.3 is 0 Å². The average Bonchev–Trinajstić information content (AvgIpc) is 3.11. The zero-order valence-electron chi connectivity index (χ0n) is 16.1. The normalized spacial score (nSPS) is 24.7. The van der Waals surface area contributed by atoms with Crippen molar-refractivity contribution in [2.45, 2.75) is 42.5 Å². The molecule has 5 nitrogen and oxygen atoms in total. The van der Waals surface area contributed by atoms with E-state index in [4.69, 9.17) is 4.74 Å². The Hall–Kier alpha value is -1.79. The molecule has 2 aromatic rings. The summed E-state index contributed by atoms with van der Waals surface area (Å²) in [6, 6.07) is 8.90. The zero-order chi connectivity index (χ0) is 18.7. The molecule has 0 radical (unpaired) electrons. The molecule has 6 heteroatoms. The number of nitrogens with zero attached hydrogens (tertiary/aromatic N) is 3. The van der Waals surface area contributed by atoms with Crippen molar-refractivity contribution in [3.63, 3.8) is 0 Å². The molecule has 3 heterocycles. The third-order valence-corrected chi connectivity index (χ3v) is 6.98. The van der Waals surface area contributed by atoms with Crippen molar-refractivity contribution >= 4 is 17.6 Å². The summed E-state index contributed by atoms with van der Waals surface area (Å²) < 4.78 is 5.46. The first-order valence-corrected chi connectivity index (χ1v) is 10.7. The van der Waals surface area contributed by atoms with Crippen molar-refractivity contribution in [1.29, 1.82) is 0 Å². The quantitative estimate of drug-likeness (QED) is 0.819. The van der Waals surface area contributed by atoms with Gasteiger partial charge in [0.2, 0.25) is 0 Å². The third kappa shape index (κ3) is 4.06. The summed E-state index contributed by atoms with van der Waals surface area (Å²) in [6.45, 7) is 5.18. The summed E-state index contributed by atoms with van der Waals surface area (Å²) >= 11 is 2.01. The fourth-order valence-corrected chi connectivity index (χ4v) is 5.60. The monoisotopic (exact) mass is 384 g/mol. The minimum atomic E-state index is 0.0967. The smallest absolute Gasteiger partial charge is 0.179 e. The molecule has 0 spiro atoms. The predicted octanol–water partition coefficient (Wildman–Crippen LogP) is 3.71. The van der Waals surface area contributed by atoms with E-state index < -0.39 is 0 Å². The van der Waals surface area contributed by atoms with Crippen LogP contribution in [-0.4, -0.2) is 48.0 Å². The van der Waals surface area contributed by atoms with Crippen LogP contribution in [0.2, 0.25) is 0 Å². The molecule has 2 atom stereocenters. The molecule has 0 amide bonds. The van der Waals surface area contributed by atoms with Crippen LogP contribution in [0.3, 0.4) is 0 Å². The fourth-order valence-electron chi connectivity index (χ4n) is 4.30. The van der Waals surface area contributed by atoms with E-state index in [0.29, 0.717) is 5.92 Å². The Kier molecular flexibility index (Phi) is 5.55. The van der Waals surface area contributed by atoms with Crippen LogP contribution in [0.5, 0.6) is 5.75 Å². The molecule has 1 saturated heterocycles. The van der Waals surface area contributed by atoms with Crippen molar-refractivity contribution < 1.29 is 4.74 Å². The van der Waals surface area contributed by atoms with Crippen LogP contribution >= 0.6 is 11.8 Å². The number of piperazine rings is 1. The van der Waals surface area contributed by atoms with E-state index >= 15 is 0 Å². The fraction of sp³-hybridized carbons (Fsp3) is 0.524. The first-order chi connectivity index (χ1) is 13.2. The average molecular weight is 385 g/mol. The van der Waals surface area contributed by atoms with Crippen LogP contribution in [-0.2, 0) is 0 Å². The molecule has 1 N–H and O–H groups in total. The van der Waals surface area contributed by atoms with Crippen molar-refractivity contribution in [1.82, 2.24) is 15.3 Å². The van der Waals surface area contributed by atoms with Gasteiger partial charge in [0.25, 0.3) is 0 Å². The summed E-state index contributed by atoms with van der Waals surface area (Å²) in [7, 11) is 1.68. The van der Waals surface area contributed by atoms with E-state index in [1.165, 1.54) is 29.9 Å². The first kappa shape index (κ1) is 18.6. The van der Waals surface area contributed by atoms with Crippen LogP contribution in [0.15, 0.2) is 41.7 Å². The lowest BCUT2D eigenvalue weighted by Crippen LogP contribution is -2.59. The zero-order valence-corrected chi connectivity index (χ0v) is 17.0. The van der Waals surface area contributed by atoms with E-state index in [1.807, 2.05) is 11.8 Å². The summed E-state index contributed by atoms with van der Waals surface area (Å²) in [5.41, 5.74) is 1.65. The number of hydrogen-bond acceptors (Lipinski definition) is 6. The summed E-state index contributed by atoms with van der Waals surface area (Å²) in [6.07, 6.45) is 7.01. The number of benzene rings is 1. The Morgan fingerprint density at radius 1 is 1.37 bits per heavy atom. The summed E-state index contributed by atoms with van der Waals surface area (Å²) in [5, 5.41) is 3.75. The van der Waals surface area contributed by atoms with Crippen molar-refractivity contribution in [3.8, 4) is 5.75 Å². The molecule has 0 bridgehead atoms. The lowest BCUT2D eigenvalue weighted by molar-refractivity contribution is 0.290. The van der Waals surface area contributed by atoms with Gasteiger partial charge < -0.3 is 15.0 Å². The molecule has 4 rings (SSSR count). The molecular formula is C21H28N4OS. The molecule has 1 aromatic heterocycles. The molecular weight excluding hydrogens is 356 g/mol. The van der Waals surface area contributed by atoms with Gasteiger partial charge in [-0.25, -0.2) is 9.97 Å². The molecule has 144 valence electrons. The first-order valence-electron chi connectivity index (χ1n) is 9.74. The molecule has 2 unspecified atom stereocenters. The minimum Gasteiger partial charge on any atom is -0.491 e.